The summed E-state index contributed by atoms with van der Waals surface area (Å²) in [5.74, 6) is 0.358. The van der Waals surface area contributed by atoms with Gasteiger partial charge in [0.25, 0.3) is 0 Å². The van der Waals surface area contributed by atoms with E-state index in [2.05, 4.69) is 30.9 Å². The van der Waals surface area contributed by atoms with Crippen molar-refractivity contribution in [2.45, 2.75) is 26.4 Å². The average molecular weight is 207 g/mol. The highest BCUT2D eigenvalue weighted by Crippen LogP contribution is 2.14. The van der Waals surface area contributed by atoms with E-state index in [0.29, 0.717) is 12.5 Å². The maximum Gasteiger partial charge on any atom is 0.0740 e. The Kier molecular flexibility index (Phi) is 4.63. The van der Waals surface area contributed by atoms with E-state index in [0.717, 1.165) is 12.1 Å². The maximum absolute atomic E-state index is 9.91. The van der Waals surface area contributed by atoms with Crippen LogP contribution in [0.2, 0.25) is 0 Å². The fourth-order valence-electron chi connectivity index (χ4n) is 1.52. The molecule has 0 spiro atoms. The minimum absolute atomic E-state index is 0.250. The smallest absolute Gasteiger partial charge is 0.0740 e. The van der Waals surface area contributed by atoms with Crippen molar-refractivity contribution in [3.8, 4) is 0 Å². The molecule has 1 rings (SSSR count). The maximum atomic E-state index is 9.91. The molecule has 15 heavy (non-hydrogen) atoms. The lowest BCUT2D eigenvalue weighted by Crippen LogP contribution is -2.33. The molecule has 0 bridgehead atoms. The molecule has 1 aromatic carbocycles. The third kappa shape index (κ3) is 3.56. The Bertz CT molecular complexity index is 273. The summed E-state index contributed by atoms with van der Waals surface area (Å²) in [6.07, 6.45) is 0.768. The second-order valence-corrected chi connectivity index (χ2v) is 4.17. The van der Waals surface area contributed by atoms with Gasteiger partial charge >= 0.3 is 0 Å². The van der Waals surface area contributed by atoms with Crippen molar-refractivity contribution in [2.75, 3.05) is 18.5 Å². The zero-order valence-electron chi connectivity index (χ0n) is 9.85. The Morgan fingerprint density at radius 1 is 1.27 bits per heavy atom. The molecule has 0 heterocycles. The molecule has 0 saturated heterocycles. The van der Waals surface area contributed by atoms with Crippen molar-refractivity contribution >= 4 is 5.69 Å². The summed E-state index contributed by atoms with van der Waals surface area (Å²) < 4.78 is 0. The van der Waals surface area contributed by atoms with E-state index >= 15 is 0 Å². The lowest BCUT2D eigenvalue weighted by atomic mass is 10.0. The van der Waals surface area contributed by atoms with Crippen LogP contribution in [-0.2, 0) is 0 Å². The van der Waals surface area contributed by atoms with Crippen LogP contribution >= 0.6 is 0 Å². The number of hydrogen-bond acceptors (Lipinski definition) is 2. The van der Waals surface area contributed by atoms with Gasteiger partial charge in [0.1, 0.15) is 0 Å². The van der Waals surface area contributed by atoms with Crippen LogP contribution in [0, 0.1) is 5.92 Å². The predicted octanol–water partition coefficient (Wildman–Crippen LogP) is 2.53. The molecule has 2 heteroatoms. The number of aliphatic hydroxyl groups excluding tert-OH is 1. The van der Waals surface area contributed by atoms with Gasteiger partial charge in [-0.1, -0.05) is 38.5 Å². The third-order valence-electron chi connectivity index (χ3n) is 2.96. The van der Waals surface area contributed by atoms with E-state index in [1.807, 2.05) is 25.2 Å². The first-order valence-corrected chi connectivity index (χ1v) is 5.59. The standard InChI is InChI=1S/C13H21NO/c1-4-11(2)13(15)10-14(3)12-8-6-5-7-9-12/h5-9,11,13,15H,4,10H2,1-3H3. The lowest BCUT2D eigenvalue weighted by molar-refractivity contribution is 0.121. The number of nitrogens with zero attached hydrogens (tertiary/aromatic N) is 1. The topological polar surface area (TPSA) is 23.5 Å². The summed E-state index contributed by atoms with van der Waals surface area (Å²) in [6.45, 7) is 4.89. The highest BCUT2D eigenvalue weighted by atomic mass is 16.3. The first-order valence-electron chi connectivity index (χ1n) is 5.59. The second-order valence-electron chi connectivity index (χ2n) is 4.17. The fraction of sp³-hybridized carbons (Fsp3) is 0.538. The molecule has 0 aliphatic heterocycles. The van der Waals surface area contributed by atoms with Crippen molar-refractivity contribution in [3.63, 3.8) is 0 Å². The Morgan fingerprint density at radius 3 is 2.40 bits per heavy atom. The number of rotatable bonds is 5. The van der Waals surface area contributed by atoms with Gasteiger partial charge in [0, 0.05) is 19.3 Å². The Hall–Kier alpha value is -1.02. The fourth-order valence-corrected chi connectivity index (χ4v) is 1.52. The van der Waals surface area contributed by atoms with Gasteiger partial charge in [-0.2, -0.15) is 0 Å². The van der Waals surface area contributed by atoms with Crippen molar-refractivity contribution in [3.05, 3.63) is 30.3 Å². The first kappa shape index (κ1) is 12.1. The third-order valence-corrected chi connectivity index (χ3v) is 2.96. The summed E-state index contributed by atoms with van der Waals surface area (Å²) in [6, 6.07) is 10.2. The Balaban J connectivity index is 2.52. The van der Waals surface area contributed by atoms with Gasteiger partial charge < -0.3 is 10.0 Å². The number of hydrogen-bond donors (Lipinski definition) is 1. The number of likely N-dealkylation sites (N-methyl/N-ethyl adjacent to an activating group) is 1. The van der Waals surface area contributed by atoms with Gasteiger partial charge in [0.05, 0.1) is 6.10 Å². The van der Waals surface area contributed by atoms with Crippen LogP contribution in [0.15, 0.2) is 30.3 Å². The van der Waals surface area contributed by atoms with Gasteiger partial charge in [0.2, 0.25) is 0 Å². The van der Waals surface area contributed by atoms with Gasteiger partial charge in [-0.05, 0) is 18.1 Å². The van der Waals surface area contributed by atoms with Crippen LogP contribution in [0.5, 0.6) is 0 Å². The minimum Gasteiger partial charge on any atom is -0.391 e. The monoisotopic (exact) mass is 207 g/mol. The first-order chi connectivity index (χ1) is 7.15. The molecule has 0 amide bonds. The number of aliphatic hydroxyl groups is 1. The number of anilines is 1. The minimum atomic E-state index is -0.250. The molecule has 0 saturated carbocycles. The second kappa shape index (κ2) is 5.76. The molecular formula is C13H21NO. The molecule has 0 aromatic heterocycles. The van der Waals surface area contributed by atoms with Crippen LogP contribution in [0.1, 0.15) is 20.3 Å². The van der Waals surface area contributed by atoms with E-state index in [4.69, 9.17) is 0 Å². The molecule has 0 aliphatic carbocycles. The SMILES string of the molecule is CCC(C)C(O)CN(C)c1ccccc1. The molecule has 0 radical (unpaired) electrons. The van der Waals surface area contributed by atoms with E-state index < -0.39 is 0 Å². The van der Waals surface area contributed by atoms with Gasteiger partial charge in [-0.3, -0.25) is 0 Å². The summed E-state index contributed by atoms with van der Waals surface area (Å²) >= 11 is 0. The number of para-hydroxylation sites is 1. The molecule has 1 N–H and O–H groups in total. The van der Waals surface area contributed by atoms with Crippen molar-refractivity contribution in [1.29, 1.82) is 0 Å². The Morgan fingerprint density at radius 2 is 1.87 bits per heavy atom. The van der Waals surface area contributed by atoms with Crippen LogP contribution < -0.4 is 4.90 Å². The van der Waals surface area contributed by atoms with E-state index in [1.54, 1.807) is 0 Å². The molecule has 1 aromatic rings. The highest BCUT2D eigenvalue weighted by molar-refractivity contribution is 5.45. The van der Waals surface area contributed by atoms with Crippen molar-refractivity contribution in [2.24, 2.45) is 5.92 Å². The molecule has 0 aliphatic rings. The largest absolute Gasteiger partial charge is 0.391 e. The zero-order valence-corrected chi connectivity index (χ0v) is 9.85. The summed E-state index contributed by atoms with van der Waals surface area (Å²) in [4.78, 5) is 2.09. The van der Waals surface area contributed by atoms with Gasteiger partial charge in [0.15, 0.2) is 0 Å². The normalized spacial score (nSPS) is 14.7. The molecule has 2 atom stereocenters. The molecular weight excluding hydrogens is 186 g/mol. The van der Waals surface area contributed by atoms with Gasteiger partial charge in [-0.15, -0.1) is 0 Å². The number of benzene rings is 1. The molecule has 84 valence electrons. The summed E-state index contributed by atoms with van der Waals surface area (Å²) in [7, 11) is 2.01. The zero-order chi connectivity index (χ0) is 11.3. The molecule has 2 unspecified atom stereocenters. The van der Waals surface area contributed by atoms with Gasteiger partial charge in [-0.25, -0.2) is 0 Å². The van der Waals surface area contributed by atoms with Crippen molar-refractivity contribution < 1.29 is 5.11 Å². The lowest BCUT2D eigenvalue weighted by Gasteiger charge is -2.25. The summed E-state index contributed by atoms with van der Waals surface area (Å²) in [5.41, 5.74) is 1.15. The molecule has 2 nitrogen and oxygen atoms in total. The van der Waals surface area contributed by atoms with E-state index in [9.17, 15) is 5.11 Å². The Labute approximate surface area is 92.5 Å². The van der Waals surface area contributed by atoms with Crippen LogP contribution in [0.25, 0.3) is 0 Å². The molecule has 0 fully saturated rings. The van der Waals surface area contributed by atoms with Crippen LogP contribution in [0.4, 0.5) is 5.69 Å². The van der Waals surface area contributed by atoms with E-state index in [1.165, 1.54) is 0 Å². The van der Waals surface area contributed by atoms with Crippen LogP contribution in [0.3, 0.4) is 0 Å². The average Bonchev–Trinajstić information content (AvgIpc) is 2.29. The van der Waals surface area contributed by atoms with Crippen molar-refractivity contribution in [1.82, 2.24) is 0 Å². The van der Waals surface area contributed by atoms with E-state index in [-0.39, 0.29) is 6.10 Å². The van der Waals surface area contributed by atoms with Crippen LogP contribution in [-0.4, -0.2) is 24.8 Å². The summed E-state index contributed by atoms with van der Waals surface area (Å²) in [5, 5.41) is 9.91. The predicted molar refractivity (Wildman–Crippen MR) is 65.2 cm³/mol. The highest BCUT2D eigenvalue weighted by Gasteiger charge is 2.14. The quantitative estimate of drug-likeness (QED) is 0.802.